The molecule has 5 heteroatoms. The van der Waals surface area contributed by atoms with Gasteiger partial charge in [-0.05, 0) is 30.3 Å². The van der Waals surface area contributed by atoms with Crippen LogP contribution in [0.15, 0.2) is 48.7 Å². The zero-order valence-corrected chi connectivity index (χ0v) is 11.6. The second-order valence-electron chi connectivity index (χ2n) is 4.73. The second kappa shape index (κ2) is 5.22. The van der Waals surface area contributed by atoms with E-state index in [0.717, 1.165) is 10.9 Å². The summed E-state index contributed by atoms with van der Waals surface area (Å²) in [4.78, 5) is 11.0. The van der Waals surface area contributed by atoms with Gasteiger partial charge >= 0.3 is 5.97 Å². The SMILES string of the molecule is O=C(O)c1ccc(F)c(Cn2ccc3cccc(Cl)c32)c1. The molecule has 1 heterocycles. The van der Waals surface area contributed by atoms with Gasteiger partial charge < -0.3 is 9.67 Å². The van der Waals surface area contributed by atoms with E-state index in [1.165, 1.54) is 18.2 Å². The minimum atomic E-state index is -1.08. The number of carboxylic acid groups (broad SMARTS) is 1. The van der Waals surface area contributed by atoms with Gasteiger partial charge in [0.1, 0.15) is 5.82 Å². The van der Waals surface area contributed by atoms with Gasteiger partial charge in [0, 0.05) is 17.1 Å². The minimum Gasteiger partial charge on any atom is -0.478 e. The molecule has 0 saturated carbocycles. The van der Waals surface area contributed by atoms with Gasteiger partial charge in [-0.25, -0.2) is 9.18 Å². The average Bonchev–Trinajstić information content (AvgIpc) is 2.85. The van der Waals surface area contributed by atoms with E-state index in [1.807, 2.05) is 29.0 Å². The van der Waals surface area contributed by atoms with Crippen LogP contribution in [0.3, 0.4) is 0 Å². The van der Waals surface area contributed by atoms with Crippen molar-refractivity contribution in [3.05, 3.63) is 70.6 Å². The number of rotatable bonds is 3. The molecular weight excluding hydrogens is 293 g/mol. The molecule has 0 aliphatic carbocycles. The molecule has 2 aromatic carbocycles. The van der Waals surface area contributed by atoms with Crippen LogP contribution in [-0.2, 0) is 6.54 Å². The maximum absolute atomic E-state index is 13.9. The molecule has 3 aromatic rings. The van der Waals surface area contributed by atoms with Crippen LogP contribution >= 0.6 is 11.6 Å². The summed E-state index contributed by atoms with van der Waals surface area (Å²) < 4.78 is 15.7. The maximum atomic E-state index is 13.9. The number of halogens is 2. The molecule has 0 aliphatic heterocycles. The third-order valence-electron chi connectivity index (χ3n) is 3.37. The minimum absolute atomic E-state index is 0.0639. The number of carbonyl (C=O) groups is 1. The van der Waals surface area contributed by atoms with Gasteiger partial charge in [-0.15, -0.1) is 0 Å². The van der Waals surface area contributed by atoms with E-state index < -0.39 is 11.8 Å². The highest BCUT2D eigenvalue weighted by Gasteiger charge is 2.11. The average molecular weight is 304 g/mol. The number of benzene rings is 2. The van der Waals surface area contributed by atoms with Crippen LogP contribution in [0, 0.1) is 5.82 Å². The van der Waals surface area contributed by atoms with E-state index in [9.17, 15) is 9.18 Å². The van der Waals surface area contributed by atoms with Crippen molar-refractivity contribution >= 4 is 28.5 Å². The Kier molecular flexibility index (Phi) is 3.39. The summed E-state index contributed by atoms with van der Waals surface area (Å²) in [5.41, 5.74) is 1.18. The summed E-state index contributed by atoms with van der Waals surface area (Å²) in [6.45, 7) is 0.222. The van der Waals surface area contributed by atoms with Gasteiger partial charge in [-0.2, -0.15) is 0 Å². The van der Waals surface area contributed by atoms with Crippen molar-refractivity contribution in [2.75, 3.05) is 0 Å². The number of fused-ring (bicyclic) bond motifs is 1. The zero-order chi connectivity index (χ0) is 15.0. The Morgan fingerprint density at radius 1 is 1.24 bits per heavy atom. The first kappa shape index (κ1) is 13.6. The van der Waals surface area contributed by atoms with Crippen molar-refractivity contribution < 1.29 is 14.3 Å². The third-order valence-corrected chi connectivity index (χ3v) is 3.68. The quantitative estimate of drug-likeness (QED) is 0.788. The lowest BCUT2D eigenvalue weighted by Crippen LogP contribution is -2.04. The fourth-order valence-corrected chi connectivity index (χ4v) is 2.65. The Morgan fingerprint density at radius 2 is 2.05 bits per heavy atom. The fraction of sp³-hybridized carbons (Fsp3) is 0.0625. The molecule has 0 fully saturated rings. The molecule has 0 saturated heterocycles. The second-order valence-corrected chi connectivity index (χ2v) is 5.14. The van der Waals surface area contributed by atoms with Gasteiger partial charge in [-0.3, -0.25) is 0 Å². The van der Waals surface area contributed by atoms with Crippen LogP contribution < -0.4 is 0 Å². The third kappa shape index (κ3) is 2.50. The molecule has 0 amide bonds. The summed E-state index contributed by atoms with van der Waals surface area (Å²) in [5.74, 6) is -1.51. The van der Waals surface area contributed by atoms with Crippen molar-refractivity contribution in [3.63, 3.8) is 0 Å². The fourth-order valence-electron chi connectivity index (χ4n) is 2.36. The van der Waals surface area contributed by atoms with Crippen molar-refractivity contribution in [2.45, 2.75) is 6.54 Å². The van der Waals surface area contributed by atoms with E-state index in [0.29, 0.717) is 10.6 Å². The highest BCUT2D eigenvalue weighted by atomic mass is 35.5. The number of carboxylic acids is 1. The van der Waals surface area contributed by atoms with Crippen LogP contribution in [0.4, 0.5) is 4.39 Å². The normalized spacial score (nSPS) is 11.0. The van der Waals surface area contributed by atoms with E-state index in [4.69, 9.17) is 16.7 Å². The van der Waals surface area contributed by atoms with Crippen LogP contribution in [0.25, 0.3) is 10.9 Å². The molecule has 106 valence electrons. The first-order valence-corrected chi connectivity index (χ1v) is 6.69. The number of aromatic nitrogens is 1. The molecule has 0 unspecified atom stereocenters. The lowest BCUT2D eigenvalue weighted by Gasteiger charge is -2.09. The van der Waals surface area contributed by atoms with E-state index in [1.54, 1.807) is 6.07 Å². The predicted molar refractivity (Wildman–Crippen MR) is 79.4 cm³/mol. The molecule has 0 spiro atoms. The Morgan fingerprint density at radius 3 is 2.81 bits per heavy atom. The molecule has 1 N–H and O–H groups in total. The standard InChI is InChI=1S/C16H11ClFNO2/c17-13-3-1-2-10-6-7-19(15(10)13)9-12-8-11(16(20)21)4-5-14(12)18/h1-8H,9H2,(H,20,21). The summed E-state index contributed by atoms with van der Waals surface area (Å²) in [7, 11) is 0. The number of aromatic carboxylic acids is 1. The summed E-state index contributed by atoms with van der Waals surface area (Å²) in [6.07, 6.45) is 1.81. The Bertz CT molecular complexity index is 841. The van der Waals surface area contributed by atoms with Crippen LogP contribution in [-0.4, -0.2) is 15.6 Å². The summed E-state index contributed by atoms with van der Waals surface area (Å²) in [5, 5.41) is 10.5. The summed E-state index contributed by atoms with van der Waals surface area (Å²) >= 11 is 6.18. The molecule has 0 aliphatic rings. The van der Waals surface area contributed by atoms with Crippen LogP contribution in [0.1, 0.15) is 15.9 Å². The van der Waals surface area contributed by atoms with Gasteiger partial charge in [0.25, 0.3) is 0 Å². The van der Waals surface area contributed by atoms with E-state index in [-0.39, 0.29) is 12.1 Å². The Labute approximate surface area is 125 Å². The number of nitrogens with zero attached hydrogens (tertiary/aromatic N) is 1. The van der Waals surface area contributed by atoms with Gasteiger partial charge in [0.05, 0.1) is 22.6 Å². The van der Waals surface area contributed by atoms with E-state index >= 15 is 0 Å². The highest BCUT2D eigenvalue weighted by molar-refractivity contribution is 6.35. The lowest BCUT2D eigenvalue weighted by atomic mass is 10.1. The van der Waals surface area contributed by atoms with Crippen molar-refractivity contribution in [2.24, 2.45) is 0 Å². The molecule has 21 heavy (non-hydrogen) atoms. The molecule has 0 bridgehead atoms. The molecule has 0 radical (unpaired) electrons. The Hall–Kier alpha value is -2.33. The monoisotopic (exact) mass is 303 g/mol. The molecule has 1 aromatic heterocycles. The number of hydrogen-bond donors (Lipinski definition) is 1. The first-order chi connectivity index (χ1) is 10.1. The van der Waals surface area contributed by atoms with Crippen molar-refractivity contribution in [1.82, 2.24) is 4.57 Å². The highest BCUT2D eigenvalue weighted by Crippen LogP contribution is 2.25. The number of para-hydroxylation sites is 1. The van der Waals surface area contributed by atoms with Crippen LogP contribution in [0.2, 0.25) is 5.02 Å². The van der Waals surface area contributed by atoms with Gasteiger partial charge in [0.15, 0.2) is 0 Å². The smallest absolute Gasteiger partial charge is 0.335 e. The summed E-state index contributed by atoms with van der Waals surface area (Å²) in [6, 6.07) is 11.2. The molecule has 3 nitrogen and oxygen atoms in total. The Balaban J connectivity index is 2.06. The van der Waals surface area contributed by atoms with Crippen molar-refractivity contribution in [3.8, 4) is 0 Å². The maximum Gasteiger partial charge on any atom is 0.335 e. The molecule has 0 atom stereocenters. The van der Waals surface area contributed by atoms with Crippen LogP contribution in [0.5, 0.6) is 0 Å². The predicted octanol–water partition coefficient (Wildman–Crippen LogP) is 4.18. The lowest BCUT2D eigenvalue weighted by molar-refractivity contribution is 0.0696. The zero-order valence-electron chi connectivity index (χ0n) is 10.9. The van der Waals surface area contributed by atoms with Gasteiger partial charge in [-0.1, -0.05) is 23.7 Å². The number of hydrogen-bond acceptors (Lipinski definition) is 1. The van der Waals surface area contributed by atoms with Crippen molar-refractivity contribution in [1.29, 1.82) is 0 Å². The van der Waals surface area contributed by atoms with Gasteiger partial charge in [0.2, 0.25) is 0 Å². The molecular formula is C16H11ClFNO2. The largest absolute Gasteiger partial charge is 0.478 e. The topological polar surface area (TPSA) is 42.2 Å². The molecule has 3 rings (SSSR count). The first-order valence-electron chi connectivity index (χ1n) is 6.31. The van der Waals surface area contributed by atoms with E-state index in [2.05, 4.69) is 0 Å².